The van der Waals surface area contributed by atoms with Crippen LogP contribution in [0, 0.1) is 17.8 Å². The molecule has 3 unspecified atom stereocenters. The second-order valence-electron chi connectivity index (χ2n) is 12.6. The van der Waals surface area contributed by atoms with Crippen molar-refractivity contribution in [1.82, 2.24) is 21.3 Å². The van der Waals surface area contributed by atoms with Gasteiger partial charge in [0.1, 0.15) is 12.1 Å². The molecule has 304 valence electrons. The van der Waals surface area contributed by atoms with Crippen molar-refractivity contribution in [2.24, 2.45) is 5.92 Å². The van der Waals surface area contributed by atoms with Gasteiger partial charge in [0.05, 0.1) is 76.9 Å². The van der Waals surface area contributed by atoms with Crippen LogP contribution in [0.2, 0.25) is 0 Å². The fourth-order valence-corrected chi connectivity index (χ4v) is 4.75. The van der Waals surface area contributed by atoms with Gasteiger partial charge in [-0.15, -0.1) is 0 Å². The van der Waals surface area contributed by atoms with Crippen molar-refractivity contribution in [1.29, 1.82) is 0 Å². The van der Waals surface area contributed by atoms with E-state index >= 15 is 0 Å². The van der Waals surface area contributed by atoms with Crippen LogP contribution in [0.3, 0.4) is 0 Å². The molecule has 1 aliphatic rings. The molecule has 5 amide bonds. The van der Waals surface area contributed by atoms with Gasteiger partial charge in [0.2, 0.25) is 17.7 Å². The first kappa shape index (κ1) is 46.0. The summed E-state index contributed by atoms with van der Waals surface area (Å²) in [6.07, 6.45) is 0.495. The SMILES string of the molecule is CC(C[C@@H]([NH3+])Cc1ccc2c(c1)NC(=O)C(C)NC(=O)C(C)NC(=O)CCOCCOCCNC(=O)C#CC(=O)NCCOCCOCCC(=O)O2)C(=O)O. The van der Waals surface area contributed by atoms with E-state index in [0.29, 0.717) is 18.4 Å². The van der Waals surface area contributed by atoms with Crippen LogP contribution in [0.1, 0.15) is 45.6 Å². The zero-order valence-electron chi connectivity index (χ0n) is 31.5. The van der Waals surface area contributed by atoms with E-state index < -0.39 is 59.5 Å². The van der Waals surface area contributed by atoms with Crippen LogP contribution in [0.25, 0.3) is 0 Å². The topological polar surface area (TPSA) is 274 Å². The minimum Gasteiger partial charge on any atom is -0.481 e. The molecule has 1 heterocycles. The number of nitrogens with one attached hydrogen (secondary N) is 5. The summed E-state index contributed by atoms with van der Waals surface area (Å²) in [5.74, 6) is -0.863. The lowest BCUT2D eigenvalue weighted by atomic mass is 9.96. The lowest BCUT2D eigenvalue weighted by molar-refractivity contribution is -0.422. The van der Waals surface area contributed by atoms with Gasteiger partial charge in [-0.1, -0.05) is 13.0 Å². The van der Waals surface area contributed by atoms with Gasteiger partial charge in [-0.2, -0.15) is 0 Å². The quantitative estimate of drug-likeness (QED) is 0.0961. The Kier molecular flexibility index (Phi) is 21.6. The molecular weight excluding hydrogens is 724 g/mol. The summed E-state index contributed by atoms with van der Waals surface area (Å²) < 4.78 is 27.1. The summed E-state index contributed by atoms with van der Waals surface area (Å²) >= 11 is 0. The van der Waals surface area contributed by atoms with Gasteiger partial charge in [0, 0.05) is 44.2 Å². The Morgan fingerprint density at radius 2 is 1.35 bits per heavy atom. The van der Waals surface area contributed by atoms with Gasteiger partial charge >= 0.3 is 11.9 Å². The number of carboxylic acids is 1. The Hall–Kier alpha value is -5.13. The lowest BCUT2D eigenvalue weighted by Gasteiger charge is -2.20. The molecule has 0 saturated heterocycles. The lowest BCUT2D eigenvalue weighted by Crippen LogP contribution is -2.62. The van der Waals surface area contributed by atoms with Crippen molar-refractivity contribution >= 4 is 47.2 Å². The first-order valence-corrected chi connectivity index (χ1v) is 17.9. The van der Waals surface area contributed by atoms with E-state index in [1.54, 1.807) is 19.1 Å². The molecule has 0 spiro atoms. The highest BCUT2D eigenvalue weighted by molar-refractivity contribution is 6.03. The van der Waals surface area contributed by atoms with Crippen molar-refractivity contribution in [3.05, 3.63) is 23.8 Å². The average molecular weight is 778 g/mol. The molecule has 19 nitrogen and oxygen atoms in total. The number of aliphatic carboxylic acids is 1. The predicted molar refractivity (Wildman–Crippen MR) is 194 cm³/mol. The number of fused-ring (bicyclic) bond motifs is 1. The molecule has 9 N–H and O–H groups in total. The number of esters is 1. The van der Waals surface area contributed by atoms with E-state index in [1.807, 2.05) is 0 Å². The summed E-state index contributed by atoms with van der Waals surface area (Å²) in [4.78, 5) is 86.1. The highest BCUT2D eigenvalue weighted by atomic mass is 16.5. The summed E-state index contributed by atoms with van der Waals surface area (Å²) in [7, 11) is 0. The third kappa shape index (κ3) is 20.2. The normalized spacial score (nSPS) is 21.5. The number of rotatable bonds is 5. The number of carbonyl (C=O) groups excluding carboxylic acids is 6. The molecular formula is C36H53N6O13+. The number of benzene rings is 1. The second kappa shape index (κ2) is 25.8. The van der Waals surface area contributed by atoms with E-state index in [2.05, 4.69) is 44.2 Å². The maximum Gasteiger partial charge on any atom is 0.313 e. The third-order valence-electron chi connectivity index (χ3n) is 7.70. The Morgan fingerprint density at radius 3 is 1.93 bits per heavy atom. The smallest absolute Gasteiger partial charge is 0.313 e. The van der Waals surface area contributed by atoms with Crippen molar-refractivity contribution in [3.8, 4) is 17.6 Å². The Labute approximate surface area is 319 Å². The van der Waals surface area contributed by atoms with Gasteiger partial charge in [-0.05, 0) is 31.5 Å². The van der Waals surface area contributed by atoms with E-state index in [4.69, 9.17) is 23.7 Å². The Balaban J connectivity index is 2.09. The van der Waals surface area contributed by atoms with Gasteiger partial charge in [-0.25, -0.2) is 0 Å². The van der Waals surface area contributed by atoms with E-state index in [-0.39, 0.29) is 96.3 Å². The van der Waals surface area contributed by atoms with Crippen LogP contribution in [0.15, 0.2) is 18.2 Å². The zero-order valence-corrected chi connectivity index (χ0v) is 31.5. The molecule has 55 heavy (non-hydrogen) atoms. The largest absolute Gasteiger partial charge is 0.481 e. The molecule has 0 aromatic heterocycles. The van der Waals surface area contributed by atoms with Crippen LogP contribution in [-0.2, 0) is 58.9 Å². The molecule has 0 bridgehead atoms. The Morgan fingerprint density at radius 1 is 0.800 bits per heavy atom. The minimum absolute atomic E-state index is 0.00174. The number of hydrogen-bond acceptors (Lipinski definition) is 12. The fourth-order valence-electron chi connectivity index (χ4n) is 4.75. The third-order valence-corrected chi connectivity index (χ3v) is 7.70. The van der Waals surface area contributed by atoms with Crippen LogP contribution < -0.4 is 37.1 Å². The van der Waals surface area contributed by atoms with Gasteiger partial charge in [0.15, 0.2) is 5.75 Å². The molecule has 2 rings (SSSR count). The van der Waals surface area contributed by atoms with Crippen LogP contribution >= 0.6 is 0 Å². The first-order valence-electron chi connectivity index (χ1n) is 17.9. The maximum atomic E-state index is 13.2. The maximum absolute atomic E-state index is 13.2. The monoisotopic (exact) mass is 777 g/mol. The van der Waals surface area contributed by atoms with Gasteiger partial charge in [0.25, 0.3) is 11.8 Å². The van der Waals surface area contributed by atoms with E-state index in [1.165, 1.54) is 19.9 Å². The standard InChI is InChI=1S/C36H52N6O13/c1-23(36(49)50)20-27(37)21-26-4-5-29-28(22-26)42-35(48)25(3)41-34(47)24(2)40-32(45)8-12-51-16-18-53-14-10-38-30(43)6-7-31(44)39-11-15-54-19-17-52-13-9-33(46)55-29/h4-5,22-25,27H,8-21,37H2,1-3H3,(H,38,43)(H,39,44)(H,40,45)(H,41,47)(H,42,48)(H,49,50)/p+1/t23?,24?,25?,27-/m1/s1. The number of quaternary nitrogens is 1. The zero-order chi connectivity index (χ0) is 40.6. The minimum atomic E-state index is -1.07. The molecule has 4 atom stereocenters. The van der Waals surface area contributed by atoms with Crippen molar-refractivity contribution in [2.45, 2.75) is 64.6 Å². The molecule has 1 aromatic carbocycles. The van der Waals surface area contributed by atoms with Crippen molar-refractivity contribution < 1.29 is 68.1 Å². The summed E-state index contributed by atoms with van der Waals surface area (Å²) in [6.45, 7) is 5.82. The summed E-state index contributed by atoms with van der Waals surface area (Å²) in [6, 6.07) is 2.43. The number of carbonyl (C=O) groups is 7. The molecule has 0 fully saturated rings. The Bertz CT molecular complexity index is 1530. The molecule has 1 aliphatic heterocycles. The first-order chi connectivity index (χ1) is 26.2. The second-order valence-corrected chi connectivity index (χ2v) is 12.6. The number of carboxylic acid groups (broad SMARTS) is 1. The van der Waals surface area contributed by atoms with Crippen LogP contribution in [-0.4, -0.2) is 131 Å². The van der Waals surface area contributed by atoms with Crippen molar-refractivity contribution in [3.63, 3.8) is 0 Å². The molecule has 0 aliphatic carbocycles. The van der Waals surface area contributed by atoms with Crippen LogP contribution in [0.4, 0.5) is 5.69 Å². The predicted octanol–water partition coefficient (Wildman–Crippen LogP) is -2.10. The number of ether oxygens (including phenoxy) is 5. The molecule has 0 radical (unpaired) electrons. The highest BCUT2D eigenvalue weighted by Crippen LogP contribution is 2.27. The number of hydrogen-bond donors (Lipinski definition) is 7. The number of anilines is 1. The molecule has 0 saturated carbocycles. The highest BCUT2D eigenvalue weighted by Gasteiger charge is 2.24. The van der Waals surface area contributed by atoms with E-state index in [0.717, 1.165) is 0 Å². The van der Waals surface area contributed by atoms with Crippen LogP contribution in [0.5, 0.6) is 5.75 Å². The molecule has 19 heteroatoms. The number of amides is 5. The fraction of sp³-hybridized carbons (Fsp3) is 0.583. The molecule has 1 aromatic rings. The van der Waals surface area contributed by atoms with Gasteiger partial charge < -0.3 is 61.1 Å². The average Bonchev–Trinajstić information content (AvgIpc) is 3.12. The van der Waals surface area contributed by atoms with Gasteiger partial charge in [-0.3, -0.25) is 33.6 Å². The summed E-state index contributed by atoms with van der Waals surface area (Å²) in [5.41, 5.74) is 4.88. The van der Waals surface area contributed by atoms with Crippen molar-refractivity contribution in [2.75, 3.05) is 71.3 Å². The summed E-state index contributed by atoms with van der Waals surface area (Å²) in [5, 5.41) is 22.0. The van der Waals surface area contributed by atoms with E-state index in [9.17, 15) is 38.7 Å².